The molecule has 3 aromatic carbocycles. The highest BCUT2D eigenvalue weighted by atomic mass is 16.5. The molecule has 5 rings (SSSR count). The summed E-state index contributed by atoms with van der Waals surface area (Å²) in [5, 5.41) is 0. The van der Waals surface area contributed by atoms with Gasteiger partial charge in [0.25, 0.3) is 0 Å². The highest BCUT2D eigenvalue weighted by molar-refractivity contribution is 5.96. The topological polar surface area (TPSA) is 56.6 Å². The van der Waals surface area contributed by atoms with Gasteiger partial charge in [-0.1, -0.05) is 38.1 Å². The number of methoxy groups -OCH3 is 1. The van der Waals surface area contributed by atoms with Crippen molar-refractivity contribution in [2.75, 3.05) is 25.2 Å². The maximum atomic E-state index is 13.0. The first kappa shape index (κ1) is 25.8. The molecule has 4 aromatic rings. The maximum Gasteiger partial charge on any atom is 0.227 e. The Labute approximate surface area is 225 Å². The summed E-state index contributed by atoms with van der Waals surface area (Å²) in [4.78, 5) is 19.9. The SMILES string of the molecule is CCC(C)c1ccc(OCCCCn2c(C3CC(=O)N(c4ccc(OC)cc4)C3)nc3ccccc32)cc1. The minimum Gasteiger partial charge on any atom is -0.497 e. The van der Waals surface area contributed by atoms with Gasteiger partial charge < -0.3 is 18.9 Å². The second kappa shape index (κ2) is 11.7. The number of benzene rings is 3. The van der Waals surface area contributed by atoms with E-state index in [0.717, 1.165) is 59.9 Å². The van der Waals surface area contributed by atoms with Crippen LogP contribution < -0.4 is 14.4 Å². The van der Waals surface area contributed by atoms with Crippen molar-refractivity contribution in [2.24, 2.45) is 0 Å². The van der Waals surface area contributed by atoms with Crippen LogP contribution in [0, 0.1) is 0 Å². The summed E-state index contributed by atoms with van der Waals surface area (Å²) in [5.74, 6) is 3.46. The lowest BCUT2D eigenvalue weighted by molar-refractivity contribution is -0.117. The molecular formula is C32H37N3O3. The number of imidazole rings is 1. The molecule has 0 aliphatic carbocycles. The van der Waals surface area contributed by atoms with E-state index in [1.54, 1.807) is 7.11 Å². The van der Waals surface area contributed by atoms with E-state index in [9.17, 15) is 4.79 Å². The smallest absolute Gasteiger partial charge is 0.227 e. The fourth-order valence-corrected chi connectivity index (χ4v) is 5.22. The van der Waals surface area contributed by atoms with Gasteiger partial charge in [0.05, 0.1) is 24.8 Å². The van der Waals surface area contributed by atoms with Crippen molar-refractivity contribution in [3.05, 3.63) is 84.2 Å². The Morgan fingerprint density at radius 3 is 2.45 bits per heavy atom. The van der Waals surface area contributed by atoms with Crippen molar-refractivity contribution in [2.45, 2.75) is 57.9 Å². The lowest BCUT2D eigenvalue weighted by Gasteiger charge is -2.18. The number of nitrogens with zero attached hydrogens (tertiary/aromatic N) is 3. The Hall–Kier alpha value is -3.80. The number of anilines is 1. The van der Waals surface area contributed by atoms with Crippen molar-refractivity contribution >= 4 is 22.6 Å². The lowest BCUT2D eigenvalue weighted by Crippen LogP contribution is -2.24. The first-order chi connectivity index (χ1) is 18.6. The van der Waals surface area contributed by atoms with E-state index in [4.69, 9.17) is 14.5 Å². The van der Waals surface area contributed by atoms with Gasteiger partial charge in [0.1, 0.15) is 17.3 Å². The van der Waals surface area contributed by atoms with Gasteiger partial charge in [-0.05, 0) is 79.3 Å². The predicted molar refractivity (Wildman–Crippen MR) is 152 cm³/mol. The molecule has 2 atom stereocenters. The standard InChI is InChI=1S/C32H37N3O3/c1-4-23(2)24-11-15-28(16-12-24)38-20-8-7-19-34-30-10-6-5-9-29(30)33-32(34)25-21-31(36)35(22-25)26-13-17-27(37-3)18-14-26/h5-6,9-18,23,25H,4,7-8,19-22H2,1-3H3. The fraction of sp³-hybridized carbons (Fsp3) is 0.375. The number of aryl methyl sites for hydroxylation is 1. The summed E-state index contributed by atoms with van der Waals surface area (Å²) in [6.45, 7) is 6.62. The molecular weight excluding hydrogens is 474 g/mol. The Morgan fingerprint density at radius 2 is 1.71 bits per heavy atom. The molecule has 6 nitrogen and oxygen atoms in total. The maximum absolute atomic E-state index is 13.0. The third-order valence-electron chi connectivity index (χ3n) is 7.66. The number of fused-ring (bicyclic) bond motifs is 1. The van der Waals surface area contributed by atoms with E-state index >= 15 is 0 Å². The van der Waals surface area contributed by atoms with Crippen LogP contribution in [-0.2, 0) is 11.3 Å². The number of amides is 1. The Bertz CT molecular complexity index is 1360. The molecule has 0 saturated carbocycles. The zero-order chi connectivity index (χ0) is 26.5. The normalized spacial score (nSPS) is 16.2. The van der Waals surface area contributed by atoms with Gasteiger partial charge >= 0.3 is 0 Å². The summed E-state index contributed by atoms with van der Waals surface area (Å²) >= 11 is 0. The third-order valence-corrected chi connectivity index (χ3v) is 7.66. The van der Waals surface area contributed by atoms with E-state index in [0.29, 0.717) is 25.5 Å². The summed E-state index contributed by atoms with van der Waals surface area (Å²) in [6.07, 6.45) is 3.52. The lowest BCUT2D eigenvalue weighted by atomic mass is 9.99. The molecule has 38 heavy (non-hydrogen) atoms. The van der Waals surface area contributed by atoms with Gasteiger partial charge in [-0.3, -0.25) is 4.79 Å². The molecule has 6 heteroatoms. The predicted octanol–water partition coefficient (Wildman–Crippen LogP) is 6.94. The third kappa shape index (κ3) is 5.54. The minimum absolute atomic E-state index is 0.0530. The summed E-state index contributed by atoms with van der Waals surface area (Å²) < 4.78 is 13.6. The molecule has 198 valence electrons. The first-order valence-electron chi connectivity index (χ1n) is 13.7. The van der Waals surface area contributed by atoms with Crippen LogP contribution in [0.25, 0.3) is 11.0 Å². The van der Waals surface area contributed by atoms with Crippen LogP contribution in [0.4, 0.5) is 5.69 Å². The largest absolute Gasteiger partial charge is 0.497 e. The van der Waals surface area contributed by atoms with Crippen molar-refractivity contribution in [3.8, 4) is 11.5 Å². The molecule has 1 amide bonds. The quantitative estimate of drug-likeness (QED) is 0.205. The molecule has 0 spiro atoms. The van der Waals surface area contributed by atoms with E-state index in [1.807, 2.05) is 35.2 Å². The Morgan fingerprint density at radius 1 is 0.974 bits per heavy atom. The average molecular weight is 512 g/mol. The zero-order valence-electron chi connectivity index (χ0n) is 22.6. The number of hydrogen-bond donors (Lipinski definition) is 0. The van der Waals surface area contributed by atoms with Gasteiger partial charge in [-0.25, -0.2) is 4.98 Å². The monoisotopic (exact) mass is 511 g/mol. The molecule has 2 unspecified atom stereocenters. The summed E-state index contributed by atoms with van der Waals surface area (Å²) in [7, 11) is 1.65. The van der Waals surface area contributed by atoms with Crippen molar-refractivity contribution in [3.63, 3.8) is 0 Å². The zero-order valence-corrected chi connectivity index (χ0v) is 22.6. The number of hydrogen-bond acceptors (Lipinski definition) is 4. The highest BCUT2D eigenvalue weighted by Crippen LogP contribution is 2.34. The second-order valence-corrected chi connectivity index (χ2v) is 10.1. The molecule has 1 aliphatic heterocycles. The van der Waals surface area contributed by atoms with Crippen LogP contribution in [0.2, 0.25) is 0 Å². The molecule has 1 aliphatic rings. The van der Waals surface area contributed by atoms with E-state index in [1.165, 1.54) is 5.56 Å². The van der Waals surface area contributed by atoms with Crippen molar-refractivity contribution < 1.29 is 14.3 Å². The molecule has 2 heterocycles. The summed E-state index contributed by atoms with van der Waals surface area (Å²) in [6, 6.07) is 24.4. The van der Waals surface area contributed by atoms with Crippen LogP contribution in [0.3, 0.4) is 0 Å². The van der Waals surface area contributed by atoms with Gasteiger partial charge in [-0.2, -0.15) is 0 Å². The molecule has 0 bridgehead atoms. The van der Waals surface area contributed by atoms with Crippen LogP contribution in [0.15, 0.2) is 72.8 Å². The highest BCUT2D eigenvalue weighted by Gasteiger charge is 2.34. The number of rotatable bonds is 11. The Balaban J connectivity index is 1.23. The van der Waals surface area contributed by atoms with E-state index in [2.05, 4.69) is 60.9 Å². The van der Waals surface area contributed by atoms with Gasteiger partial charge in [-0.15, -0.1) is 0 Å². The van der Waals surface area contributed by atoms with Crippen LogP contribution >= 0.6 is 0 Å². The van der Waals surface area contributed by atoms with Gasteiger partial charge in [0, 0.05) is 31.1 Å². The Kier molecular flexibility index (Phi) is 7.97. The minimum atomic E-state index is 0.0530. The number of para-hydroxylation sites is 2. The van der Waals surface area contributed by atoms with Gasteiger partial charge in [0.15, 0.2) is 0 Å². The first-order valence-corrected chi connectivity index (χ1v) is 13.7. The van der Waals surface area contributed by atoms with E-state index in [-0.39, 0.29) is 11.8 Å². The molecule has 0 N–H and O–H groups in total. The number of unbranched alkanes of at least 4 members (excludes halogenated alkanes) is 1. The molecule has 0 radical (unpaired) electrons. The number of carbonyl (C=O) groups is 1. The molecule has 1 aromatic heterocycles. The van der Waals surface area contributed by atoms with Crippen molar-refractivity contribution in [1.82, 2.24) is 9.55 Å². The van der Waals surface area contributed by atoms with Crippen LogP contribution in [0.5, 0.6) is 11.5 Å². The average Bonchev–Trinajstić information content (AvgIpc) is 3.53. The number of aromatic nitrogens is 2. The second-order valence-electron chi connectivity index (χ2n) is 10.1. The fourth-order valence-electron chi connectivity index (χ4n) is 5.22. The number of ether oxygens (including phenoxy) is 2. The van der Waals surface area contributed by atoms with Crippen LogP contribution in [-0.4, -0.2) is 35.7 Å². The van der Waals surface area contributed by atoms with Crippen LogP contribution in [0.1, 0.15) is 62.8 Å². The van der Waals surface area contributed by atoms with E-state index < -0.39 is 0 Å². The summed E-state index contributed by atoms with van der Waals surface area (Å²) in [5.41, 5.74) is 4.36. The van der Waals surface area contributed by atoms with Crippen molar-refractivity contribution in [1.29, 1.82) is 0 Å². The molecule has 1 fully saturated rings. The number of carbonyl (C=O) groups excluding carboxylic acids is 1. The molecule has 1 saturated heterocycles. The van der Waals surface area contributed by atoms with Gasteiger partial charge in [0.2, 0.25) is 5.91 Å².